The molecule has 4 nitrogen and oxygen atoms in total. The number of nitrogens with zero attached hydrogens (tertiary/aromatic N) is 1. The zero-order chi connectivity index (χ0) is 11.5. The quantitative estimate of drug-likeness (QED) is 0.594. The summed E-state index contributed by atoms with van der Waals surface area (Å²) in [6, 6.07) is 1.93. The molecule has 0 radical (unpaired) electrons. The molecule has 4 heteroatoms. The Balaban J connectivity index is 1.79. The molecular weight excluding hydrogens is 206 g/mol. The number of hydrogen-bond acceptors (Lipinski definition) is 4. The summed E-state index contributed by atoms with van der Waals surface area (Å²) in [5.74, 6) is 0. The van der Waals surface area contributed by atoms with Gasteiger partial charge in [0, 0.05) is 19.8 Å². The lowest BCUT2D eigenvalue weighted by atomic mass is 10.1. The van der Waals surface area contributed by atoms with Gasteiger partial charge >= 0.3 is 0 Å². The van der Waals surface area contributed by atoms with E-state index in [4.69, 9.17) is 19.5 Å². The van der Waals surface area contributed by atoms with Crippen molar-refractivity contribution < 1.29 is 14.2 Å². The van der Waals surface area contributed by atoms with Gasteiger partial charge in [-0.25, -0.2) is 0 Å². The lowest BCUT2D eigenvalue weighted by Gasteiger charge is -2.22. The molecule has 0 amide bonds. The van der Waals surface area contributed by atoms with E-state index in [0.29, 0.717) is 19.3 Å². The topological polar surface area (TPSA) is 51.5 Å². The van der Waals surface area contributed by atoms with E-state index >= 15 is 0 Å². The summed E-state index contributed by atoms with van der Waals surface area (Å²) in [7, 11) is 0. The summed E-state index contributed by atoms with van der Waals surface area (Å²) < 4.78 is 16.1. The molecule has 0 saturated carbocycles. The molecule has 0 aromatic rings. The van der Waals surface area contributed by atoms with Crippen LogP contribution in [0, 0.1) is 11.3 Å². The molecule has 1 rings (SSSR count). The molecule has 1 saturated heterocycles. The van der Waals surface area contributed by atoms with Crippen molar-refractivity contribution in [1.82, 2.24) is 0 Å². The van der Waals surface area contributed by atoms with Crippen LogP contribution in [0.25, 0.3) is 0 Å². The highest BCUT2D eigenvalue weighted by molar-refractivity contribution is 4.66. The van der Waals surface area contributed by atoms with Crippen LogP contribution in [0.5, 0.6) is 0 Å². The van der Waals surface area contributed by atoms with Gasteiger partial charge in [-0.2, -0.15) is 5.26 Å². The summed E-state index contributed by atoms with van der Waals surface area (Å²) in [6.45, 7) is 3.16. The Bertz CT molecular complexity index is 197. The second-order valence-corrected chi connectivity index (χ2v) is 3.95. The van der Waals surface area contributed by atoms with Crippen LogP contribution in [0.4, 0.5) is 0 Å². The second kappa shape index (κ2) is 9.59. The molecule has 1 atom stereocenters. The first kappa shape index (κ1) is 13.4. The van der Waals surface area contributed by atoms with Crippen molar-refractivity contribution >= 4 is 0 Å². The van der Waals surface area contributed by atoms with Crippen molar-refractivity contribution in [3.05, 3.63) is 0 Å². The van der Waals surface area contributed by atoms with Gasteiger partial charge in [0.05, 0.1) is 18.8 Å². The number of ether oxygens (including phenoxy) is 3. The molecule has 1 aliphatic rings. The highest BCUT2D eigenvalue weighted by atomic mass is 16.5. The van der Waals surface area contributed by atoms with Crippen molar-refractivity contribution in [3.8, 4) is 6.07 Å². The molecule has 92 valence electrons. The smallest absolute Gasteiger partial charge is 0.133 e. The Kier molecular flexibility index (Phi) is 8.05. The monoisotopic (exact) mass is 227 g/mol. The molecule has 16 heavy (non-hydrogen) atoms. The third-order valence-corrected chi connectivity index (χ3v) is 2.60. The van der Waals surface area contributed by atoms with E-state index in [0.717, 1.165) is 26.1 Å². The first-order valence-corrected chi connectivity index (χ1v) is 6.07. The Morgan fingerprint density at radius 2 is 2.06 bits per heavy atom. The minimum absolute atomic E-state index is 0.177. The first-order valence-electron chi connectivity index (χ1n) is 6.07. The zero-order valence-corrected chi connectivity index (χ0v) is 9.82. The fraction of sp³-hybridized carbons (Fsp3) is 0.917. The number of rotatable bonds is 8. The Morgan fingerprint density at radius 3 is 2.81 bits per heavy atom. The molecule has 1 heterocycles. The lowest BCUT2D eigenvalue weighted by Crippen LogP contribution is -2.20. The van der Waals surface area contributed by atoms with Gasteiger partial charge < -0.3 is 14.2 Å². The van der Waals surface area contributed by atoms with Crippen molar-refractivity contribution in [3.63, 3.8) is 0 Å². The maximum absolute atomic E-state index is 8.23. The minimum atomic E-state index is 0.177. The normalized spacial score (nSPS) is 20.6. The van der Waals surface area contributed by atoms with E-state index in [-0.39, 0.29) is 6.61 Å². The maximum atomic E-state index is 8.23. The SMILES string of the molecule is N#CCOCCCOCCC1CCCCO1. The molecule has 1 unspecified atom stereocenters. The van der Waals surface area contributed by atoms with Gasteiger partial charge in [0.1, 0.15) is 6.61 Å². The summed E-state index contributed by atoms with van der Waals surface area (Å²) >= 11 is 0. The summed E-state index contributed by atoms with van der Waals surface area (Å²) in [5.41, 5.74) is 0. The van der Waals surface area contributed by atoms with E-state index in [2.05, 4.69) is 0 Å². The summed E-state index contributed by atoms with van der Waals surface area (Å²) in [6.07, 6.45) is 5.92. The molecular formula is C12H21NO3. The van der Waals surface area contributed by atoms with Gasteiger partial charge in [0.25, 0.3) is 0 Å². The van der Waals surface area contributed by atoms with Crippen LogP contribution in [0.15, 0.2) is 0 Å². The van der Waals surface area contributed by atoms with Gasteiger partial charge in [-0.1, -0.05) is 0 Å². The third-order valence-electron chi connectivity index (χ3n) is 2.60. The Hall–Kier alpha value is -0.630. The van der Waals surface area contributed by atoms with Crippen molar-refractivity contribution in [2.24, 2.45) is 0 Å². The fourth-order valence-corrected chi connectivity index (χ4v) is 1.73. The standard InChI is InChI=1S/C12H21NO3/c13-6-11-15-8-3-7-14-10-5-12-4-1-2-9-16-12/h12H,1-5,7-11H2. The van der Waals surface area contributed by atoms with Crippen molar-refractivity contribution in [1.29, 1.82) is 5.26 Å². The zero-order valence-electron chi connectivity index (χ0n) is 9.82. The van der Waals surface area contributed by atoms with Gasteiger partial charge in [-0.05, 0) is 32.1 Å². The van der Waals surface area contributed by atoms with Crippen LogP contribution in [-0.2, 0) is 14.2 Å². The van der Waals surface area contributed by atoms with E-state index in [1.165, 1.54) is 19.3 Å². The van der Waals surface area contributed by atoms with Crippen LogP contribution < -0.4 is 0 Å². The predicted octanol–water partition coefficient (Wildman–Crippen LogP) is 1.89. The molecule has 0 aromatic heterocycles. The van der Waals surface area contributed by atoms with Gasteiger partial charge in [0.2, 0.25) is 0 Å². The molecule has 1 fully saturated rings. The highest BCUT2D eigenvalue weighted by Crippen LogP contribution is 2.15. The van der Waals surface area contributed by atoms with Crippen LogP contribution in [0.2, 0.25) is 0 Å². The van der Waals surface area contributed by atoms with Gasteiger partial charge in [0.15, 0.2) is 0 Å². The van der Waals surface area contributed by atoms with E-state index in [1.807, 2.05) is 6.07 Å². The van der Waals surface area contributed by atoms with Crippen molar-refractivity contribution in [2.75, 3.05) is 33.0 Å². The summed E-state index contributed by atoms with van der Waals surface area (Å²) in [4.78, 5) is 0. The lowest BCUT2D eigenvalue weighted by molar-refractivity contribution is -0.00919. The molecule has 1 aliphatic heterocycles. The van der Waals surface area contributed by atoms with Crippen LogP contribution in [0.1, 0.15) is 32.1 Å². The molecule has 0 aliphatic carbocycles. The number of hydrogen-bond donors (Lipinski definition) is 0. The van der Waals surface area contributed by atoms with Gasteiger partial charge in [-0.15, -0.1) is 0 Å². The Morgan fingerprint density at radius 1 is 1.19 bits per heavy atom. The fourth-order valence-electron chi connectivity index (χ4n) is 1.73. The van der Waals surface area contributed by atoms with E-state index < -0.39 is 0 Å². The molecule has 0 aromatic carbocycles. The maximum Gasteiger partial charge on any atom is 0.133 e. The second-order valence-electron chi connectivity index (χ2n) is 3.95. The third kappa shape index (κ3) is 6.78. The minimum Gasteiger partial charge on any atom is -0.381 e. The van der Waals surface area contributed by atoms with E-state index in [9.17, 15) is 0 Å². The van der Waals surface area contributed by atoms with Crippen LogP contribution in [0.3, 0.4) is 0 Å². The number of nitriles is 1. The van der Waals surface area contributed by atoms with Crippen LogP contribution in [-0.4, -0.2) is 39.1 Å². The largest absolute Gasteiger partial charge is 0.381 e. The van der Waals surface area contributed by atoms with Crippen molar-refractivity contribution in [2.45, 2.75) is 38.2 Å². The average molecular weight is 227 g/mol. The van der Waals surface area contributed by atoms with Gasteiger partial charge in [-0.3, -0.25) is 0 Å². The molecule has 0 spiro atoms. The molecule has 0 N–H and O–H groups in total. The average Bonchev–Trinajstić information content (AvgIpc) is 2.34. The van der Waals surface area contributed by atoms with Crippen LogP contribution >= 0.6 is 0 Å². The predicted molar refractivity (Wildman–Crippen MR) is 60.1 cm³/mol. The molecule has 0 bridgehead atoms. The van der Waals surface area contributed by atoms with E-state index in [1.54, 1.807) is 0 Å². The first-order chi connectivity index (χ1) is 7.93. The highest BCUT2D eigenvalue weighted by Gasteiger charge is 2.12. The Labute approximate surface area is 97.5 Å². The summed E-state index contributed by atoms with van der Waals surface area (Å²) in [5, 5.41) is 8.23.